The fourth-order valence-corrected chi connectivity index (χ4v) is 4.20. The van der Waals surface area contributed by atoms with Crippen molar-refractivity contribution < 1.29 is 57.1 Å². The minimum absolute atomic E-state index is 0. The van der Waals surface area contributed by atoms with Crippen LogP contribution in [0.1, 0.15) is 91.5 Å². The zero-order valence-electron chi connectivity index (χ0n) is 38.2. The smallest absolute Gasteiger partial charge is 0.668 e. The van der Waals surface area contributed by atoms with E-state index in [1.54, 1.807) is 84.6 Å². The monoisotopic (exact) mass is 904 g/mol. The van der Waals surface area contributed by atoms with Gasteiger partial charge in [-0.2, -0.15) is 84.6 Å². The summed E-state index contributed by atoms with van der Waals surface area (Å²) in [7, 11) is 21.0. The predicted molar refractivity (Wildman–Crippen MR) is 237 cm³/mol. The molecule has 2 aromatic rings. The van der Waals surface area contributed by atoms with Gasteiger partial charge in [-0.15, -0.1) is 0 Å². The minimum Gasteiger partial charge on any atom is -0.668 e. The standard InChI is InChI=1S/C29H40N4O.6C2H6N.2Zr/c1-17(2)30-27(31-18(3)4)21-13-11-15-23-25(21)34-26-22(14-12-16-24(26)29(23,9)10)28(32-19(5)6)33-20(7)8;6*1-3-2;;/h11-20H,1-10H3;6*1-2H3;;/q-2;6*-1;2*+4. The molecule has 0 spiro atoms. The zero-order valence-corrected chi connectivity index (χ0v) is 43.1. The summed E-state index contributed by atoms with van der Waals surface area (Å²) in [6.07, 6.45) is 0. The molecule has 0 fully saturated rings. The van der Waals surface area contributed by atoms with E-state index in [0.29, 0.717) is 0 Å². The van der Waals surface area contributed by atoms with Crippen LogP contribution in [0.25, 0.3) is 42.5 Å². The van der Waals surface area contributed by atoms with Gasteiger partial charge in [0.15, 0.2) is 0 Å². The average molecular weight is 908 g/mol. The summed E-state index contributed by atoms with van der Waals surface area (Å²) in [5, 5.41) is 30.7. The van der Waals surface area contributed by atoms with Crippen molar-refractivity contribution in [1.82, 2.24) is 0 Å². The fraction of sp³-hybridized carbons (Fsp3) is 0.659. The van der Waals surface area contributed by atoms with Crippen molar-refractivity contribution in [3.05, 3.63) is 101 Å². The van der Waals surface area contributed by atoms with Gasteiger partial charge < -0.3 is 57.3 Å². The first-order valence-electron chi connectivity index (χ1n) is 17.8. The molecule has 13 heteroatoms. The van der Waals surface area contributed by atoms with Gasteiger partial charge in [-0.25, -0.2) is 0 Å². The van der Waals surface area contributed by atoms with Crippen LogP contribution in [0.4, 0.5) is 0 Å². The second-order valence-corrected chi connectivity index (χ2v) is 13.3. The molecule has 3 rings (SSSR count). The summed E-state index contributed by atoms with van der Waals surface area (Å²) in [5.41, 5.74) is 3.85. The molecule has 0 N–H and O–H groups in total. The third-order valence-electron chi connectivity index (χ3n) is 5.58. The number of rotatable bonds is 6. The molecule has 1 aliphatic rings. The SMILES string of the molecule is CC(C)N=C([N-]C(C)C)c1cccc2c1Oc1c(C(=NC(C)C)[N-]C(C)C)cccc1C2(C)C.C[N-]C.C[N-]C.C[N-]C.C[N-]C.C[N-]C.C[N-]C.[Zr+4].[Zr+4]. The van der Waals surface area contributed by atoms with Crippen molar-refractivity contribution >= 4 is 11.7 Å². The largest absolute Gasteiger partial charge is 4.00 e. The molecule has 0 unspecified atom stereocenters. The van der Waals surface area contributed by atoms with E-state index in [0.717, 1.165) is 45.4 Å². The first-order valence-corrected chi connectivity index (χ1v) is 17.8. The number of fused-ring (bicyclic) bond motifs is 2. The van der Waals surface area contributed by atoms with Gasteiger partial charge in [0.25, 0.3) is 0 Å². The zero-order chi connectivity index (χ0) is 41.4. The van der Waals surface area contributed by atoms with Crippen LogP contribution in [0.5, 0.6) is 11.5 Å². The van der Waals surface area contributed by atoms with Crippen molar-refractivity contribution in [3.63, 3.8) is 0 Å². The third kappa shape index (κ3) is 28.2. The summed E-state index contributed by atoms with van der Waals surface area (Å²) in [4.78, 5) is 9.73. The van der Waals surface area contributed by atoms with Gasteiger partial charge in [0, 0.05) is 27.7 Å². The second kappa shape index (κ2) is 39.9. The van der Waals surface area contributed by atoms with Crippen LogP contribution in [-0.2, 0) is 57.8 Å². The van der Waals surface area contributed by atoms with Crippen LogP contribution in [-0.4, -0.2) is 120 Å². The quantitative estimate of drug-likeness (QED) is 0.206. The Morgan fingerprint density at radius 2 is 0.722 bits per heavy atom. The first kappa shape index (κ1) is 64.6. The van der Waals surface area contributed by atoms with E-state index in [4.69, 9.17) is 25.4 Å². The number of ether oxygens (including phenoxy) is 1. The summed E-state index contributed by atoms with van der Waals surface area (Å²) in [6, 6.07) is 13.1. The average Bonchev–Trinajstić information content (AvgIpc) is 3.02. The molecule has 54 heavy (non-hydrogen) atoms. The molecule has 11 nitrogen and oxygen atoms in total. The summed E-state index contributed by atoms with van der Waals surface area (Å²) >= 11 is 0. The maximum absolute atomic E-state index is 6.78. The van der Waals surface area contributed by atoms with Gasteiger partial charge >= 0.3 is 52.4 Å². The van der Waals surface area contributed by atoms with Crippen molar-refractivity contribution in [2.45, 2.75) is 98.8 Å². The number of para-hydroxylation sites is 2. The molecule has 0 aliphatic carbocycles. The Hall–Kier alpha value is -1.29. The Morgan fingerprint density at radius 1 is 0.481 bits per heavy atom. The maximum atomic E-state index is 6.78. The van der Waals surface area contributed by atoms with E-state index in [2.05, 4.69) is 138 Å². The number of amidine groups is 2. The molecule has 0 atom stereocenters. The van der Waals surface area contributed by atoms with Gasteiger partial charge in [0.05, 0.1) is 0 Å². The van der Waals surface area contributed by atoms with Gasteiger partial charge in [0.1, 0.15) is 11.5 Å². The van der Waals surface area contributed by atoms with Crippen molar-refractivity contribution in [3.8, 4) is 11.5 Å². The number of hydrogen-bond acceptors (Lipinski definition) is 3. The van der Waals surface area contributed by atoms with E-state index >= 15 is 0 Å². The fourth-order valence-electron chi connectivity index (χ4n) is 4.20. The van der Waals surface area contributed by atoms with E-state index in [9.17, 15) is 0 Å². The van der Waals surface area contributed by atoms with Crippen LogP contribution in [0.2, 0.25) is 0 Å². The van der Waals surface area contributed by atoms with Crippen LogP contribution in [0, 0.1) is 0 Å². The Labute approximate surface area is 372 Å². The number of hydrogen-bond donors (Lipinski definition) is 0. The van der Waals surface area contributed by atoms with Crippen LogP contribution < -0.4 is 4.74 Å². The van der Waals surface area contributed by atoms with Crippen molar-refractivity contribution in [1.29, 1.82) is 0 Å². The van der Waals surface area contributed by atoms with Gasteiger partial charge in [-0.3, -0.25) is 0 Å². The van der Waals surface area contributed by atoms with Crippen molar-refractivity contribution in [2.24, 2.45) is 9.98 Å². The normalized spacial score (nSPS) is 11.7. The van der Waals surface area contributed by atoms with Crippen molar-refractivity contribution in [2.75, 3.05) is 84.6 Å². The molecular formula is C41H76N10OZr2. The number of benzene rings is 2. The Bertz CT molecular complexity index is 1110. The molecule has 0 amide bonds. The molecule has 0 aromatic heterocycles. The Balaban J connectivity index is -0.000000244. The molecule has 1 aliphatic heterocycles. The third-order valence-corrected chi connectivity index (χ3v) is 5.58. The van der Waals surface area contributed by atoms with E-state index < -0.39 is 0 Å². The number of aliphatic imine (C=N–C) groups is 2. The topological polar surface area (TPSA) is 147 Å². The summed E-state index contributed by atoms with van der Waals surface area (Å²) < 4.78 is 6.78. The Kier molecular flexibility index (Phi) is 47.8. The van der Waals surface area contributed by atoms with Crippen LogP contribution in [0.3, 0.4) is 0 Å². The predicted octanol–water partition coefficient (Wildman–Crippen LogP) is 11.7. The second-order valence-electron chi connectivity index (χ2n) is 13.3. The molecule has 0 radical (unpaired) electrons. The summed E-state index contributed by atoms with van der Waals surface area (Å²) in [5.74, 6) is 3.12. The Morgan fingerprint density at radius 3 is 0.926 bits per heavy atom. The van der Waals surface area contributed by atoms with Crippen LogP contribution in [0.15, 0.2) is 46.4 Å². The molecule has 0 saturated carbocycles. The molecule has 1 heterocycles. The van der Waals surface area contributed by atoms with E-state index in [1.807, 2.05) is 0 Å². The van der Waals surface area contributed by atoms with E-state index in [1.165, 1.54) is 0 Å². The molecule has 0 bridgehead atoms. The summed E-state index contributed by atoms with van der Waals surface area (Å²) in [6.45, 7) is 21.1. The van der Waals surface area contributed by atoms with Gasteiger partial charge in [-0.05, 0) is 24.2 Å². The van der Waals surface area contributed by atoms with Gasteiger partial charge in [-0.1, -0.05) is 117 Å². The van der Waals surface area contributed by atoms with Crippen LogP contribution >= 0.6 is 0 Å². The number of nitrogens with zero attached hydrogens (tertiary/aromatic N) is 10. The molecule has 2 aromatic carbocycles. The molecule has 0 saturated heterocycles. The molecular weight excluding hydrogens is 831 g/mol. The first-order chi connectivity index (χ1) is 24.4. The maximum Gasteiger partial charge on any atom is 4.00 e. The minimum atomic E-state index is -0.267. The van der Waals surface area contributed by atoms with E-state index in [-0.39, 0.29) is 82.0 Å². The van der Waals surface area contributed by atoms with Gasteiger partial charge in [0.2, 0.25) is 0 Å². The molecule has 304 valence electrons.